The molecule has 9 nitrogen and oxygen atoms in total. The molecule has 1 heterocycles. The molecular weight excluding hydrogens is 474 g/mol. The summed E-state index contributed by atoms with van der Waals surface area (Å²) >= 11 is 0. The number of aliphatic hydroxyl groups is 4. The summed E-state index contributed by atoms with van der Waals surface area (Å²) in [4.78, 5) is 23.6. The first kappa shape index (κ1) is 30.3. The maximum Gasteiger partial charge on any atom is 2.00 e. The van der Waals surface area contributed by atoms with Gasteiger partial charge >= 0.3 is 23.0 Å². The number of hydrogen-bond acceptors (Lipinski definition) is 8. The molecule has 10 heteroatoms. The Labute approximate surface area is 207 Å². The van der Waals surface area contributed by atoms with Crippen LogP contribution in [0.5, 0.6) is 0 Å². The zero-order valence-corrected chi connectivity index (χ0v) is 19.2. The molecule has 182 valence electrons. The molecule has 0 aromatic carbocycles. The number of carbonyl (C=O) groups is 2. The maximum absolute atomic E-state index is 11.8. The van der Waals surface area contributed by atoms with E-state index < -0.39 is 43.3 Å². The van der Waals surface area contributed by atoms with Crippen LogP contribution >= 0.6 is 0 Å². The third-order valence-corrected chi connectivity index (χ3v) is 4.92. The maximum atomic E-state index is 11.8. The van der Waals surface area contributed by atoms with Crippen molar-refractivity contribution >= 4 is 11.9 Å². The van der Waals surface area contributed by atoms with Gasteiger partial charge < -0.3 is 35.2 Å². The molecule has 1 amide bonds. The predicted molar refractivity (Wildman–Crippen MR) is 113 cm³/mol. The second kappa shape index (κ2) is 16.8. The van der Waals surface area contributed by atoms with Crippen LogP contribution in [0.25, 0.3) is 0 Å². The zero-order chi connectivity index (χ0) is 23.3. The third-order valence-electron chi connectivity index (χ3n) is 4.92. The molecule has 3 fully saturated rings. The van der Waals surface area contributed by atoms with Gasteiger partial charge in [-0.2, -0.15) is 0 Å². The molecule has 2 aliphatic carbocycles. The fourth-order valence-corrected chi connectivity index (χ4v) is 3.07. The van der Waals surface area contributed by atoms with Gasteiger partial charge in [0, 0.05) is 13.0 Å². The van der Waals surface area contributed by atoms with Crippen LogP contribution in [-0.4, -0.2) is 76.2 Å². The quantitative estimate of drug-likeness (QED) is 0.159. The Balaban J connectivity index is 0.000000799. The van der Waals surface area contributed by atoms with Crippen molar-refractivity contribution in [2.75, 3.05) is 13.2 Å². The smallest absolute Gasteiger partial charge is 0.433 e. The van der Waals surface area contributed by atoms with E-state index in [1.807, 2.05) is 32.1 Å². The molecule has 3 aliphatic rings. The third kappa shape index (κ3) is 10.6. The summed E-state index contributed by atoms with van der Waals surface area (Å²) in [7, 11) is 0. The molecule has 33 heavy (non-hydrogen) atoms. The van der Waals surface area contributed by atoms with Crippen molar-refractivity contribution in [1.29, 1.82) is 0 Å². The first-order chi connectivity index (χ1) is 15.4. The molecule has 0 bridgehead atoms. The van der Waals surface area contributed by atoms with E-state index in [1.54, 1.807) is 25.7 Å². The topological polar surface area (TPSA) is 146 Å². The van der Waals surface area contributed by atoms with Crippen LogP contribution in [0, 0.1) is 63.7 Å². The first-order valence-electron chi connectivity index (χ1n) is 10.6. The minimum Gasteiger partial charge on any atom is -0.433 e. The van der Waals surface area contributed by atoms with Gasteiger partial charge in [-0.15, -0.1) is 0 Å². The molecule has 1 saturated heterocycles. The summed E-state index contributed by atoms with van der Waals surface area (Å²) in [6.07, 6.45) is 11.8. The molecule has 3 rings (SSSR count). The summed E-state index contributed by atoms with van der Waals surface area (Å²) in [5.41, 5.74) is 0. The van der Waals surface area contributed by atoms with E-state index in [-0.39, 0.29) is 29.4 Å². The summed E-state index contributed by atoms with van der Waals surface area (Å²) in [6.45, 7) is -0.0960. The summed E-state index contributed by atoms with van der Waals surface area (Å²) in [5.74, 6) is -0.153. The molecule has 10 radical (unpaired) electrons. The Morgan fingerprint density at radius 3 is 2.06 bits per heavy atom. The average Bonchev–Trinajstić information content (AvgIpc) is 3.53. The number of unbranched alkanes of at least 4 members (excludes halogenated alkanes) is 2. The number of esters is 1. The van der Waals surface area contributed by atoms with Crippen LogP contribution in [0.2, 0.25) is 0 Å². The van der Waals surface area contributed by atoms with Crippen molar-refractivity contribution in [3.05, 3.63) is 63.7 Å². The summed E-state index contributed by atoms with van der Waals surface area (Å²) in [6, 6.07) is 0. The largest absolute Gasteiger partial charge is 2.00 e. The number of carbonyl (C=O) groups excluding carboxylic acids is 2. The van der Waals surface area contributed by atoms with Crippen molar-refractivity contribution in [3.8, 4) is 0 Å². The van der Waals surface area contributed by atoms with E-state index >= 15 is 0 Å². The van der Waals surface area contributed by atoms with Gasteiger partial charge in [-0.05, 0) is 70.6 Å². The van der Waals surface area contributed by atoms with Crippen molar-refractivity contribution in [3.63, 3.8) is 0 Å². The van der Waals surface area contributed by atoms with Gasteiger partial charge in [0.15, 0.2) is 0 Å². The van der Waals surface area contributed by atoms with Gasteiger partial charge in [0.05, 0.1) is 12.5 Å². The minimum absolute atomic E-state index is 0. The van der Waals surface area contributed by atoms with Crippen molar-refractivity contribution < 1.29 is 56.6 Å². The number of aliphatic hydroxyl groups excluding tert-OH is 4. The SMILES string of the molecule is O=C(CCCCCNC(=O)[C]1[CH][CH][CH][CH]1)O[C@@H]1O[C@H](CO)[C@@H](O)[C@H](O)[C@@H]1O.[CH]1[CH][CH][CH][CH]1.[Fe+2]. The van der Waals surface area contributed by atoms with Crippen molar-refractivity contribution in [1.82, 2.24) is 5.32 Å². The first-order valence-corrected chi connectivity index (χ1v) is 10.6. The van der Waals surface area contributed by atoms with Crippen molar-refractivity contribution in [2.24, 2.45) is 0 Å². The van der Waals surface area contributed by atoms with Crippen LogP contribution in [0.15, 0.2) is 0 Å². The van der Waals surface area contributed by atoms with Crippen LogP contribution in [0.4, 0.5) is 0 Å². The van der Waals surface area contributed by atoms with Crippen LogP contribution in [-0.2, 0) is 36.1 Å². The van der Waals surface area contributed by atoms with Crippen molar-refractivity contribution in [2.45, 2.75) is 56.4 Å². The normalized spacial score (nSPS) is 29.5. The Hall–Kier alpha value is -0.741. The van der Waals surface area contributed by atoms with Crippen LogP contribution < -0.4 is 5.32 Å². The molecule has 0 aromatic rings. The van der Waals surface area contributed by atoms with Gasteiger partial charge in [-0.3, -0.25) is 9.59 Å². The monoisotopic (exact) mass is 505 g/mol. The van der Waals surface area contributed by atoms with Gasteiger partial charge in [0.1, 0.15) is 24.4 Å². The second-order valence-corrected chi connectivity index (χ2v) is 7.39. The van der Waals surface area contributed by atoms with Gasteiger partial charge in [-0.25, -0.2) is 0 Å². The Morgan fingerprint density at radius 2 is 1.48 bits per heavy atom. The molecule has 5 N–H and O–H groups in total. The van der Waals surface area contributed by atoms with Gasteiger partial charge in [-0.1, -0.05) is 6.42 Å². The second-order valence-electron chi connectivity index (χ2n) is 7.39. The number of nitrogens with one attached hydrogen (secondary N) is 1. The van der Waals surface area contributed by atoms with Crippen LogP contribution in [0.3, 0.4) is 0 Å². The number of rotatable bonds is 9. The standard InChI is InChI=1S/C18H26NO8.C5H5.Fe/c20-10-12-14(22)15(23)16(24)18(26-12)27-13(21)8-2-1-5-9-19-17(25)11-6-3-4-7-11;1-2-4-5-3-1;/h3-4,6-7,12,14-16,18,20,22-24H,1-2,5,8-10H2,(H,19,25);1-5H;/q;;+2/t12-,14-,15+,16+,18+;;/m1../s1. The van der Waals surface area contributed by atoms with E-state index in [9.17, 15) is 24.9 Å². The molecule has 0 spiro atoms. The van der Waals surface area contributed by atoms with E-state index in [1.165, 1.54) is 0 Å². The van der Waals surface area contributed by atoms with E-state index in [4.69, 9.17) is 14.6 Å². The van der Waals surface area contributed by atoms with E-state index in [2.05, 4.69) is 5.32 Å². The number of hydrogen-bond donors (Lipinski definition) is 5. The van der Waals surface area contributed by atoms with Crippen LogP contribution in [0.1, 0.15) is 25.7 Å². The Kier molecular flexibility index (Phi) is 15.4. The number of amides is 1. The van der Waals surface area contributed by atoms with E-state index in [0.29, 0.717) is 31.7 Å². The fourth-order valence-electron chi connectivity index (χ4n) is 3.07. The number of ether oxygens (including phenoxy) is 2. The fraction of sp³-hybridized carbons (Fsp3) is 0.478. The van der Waals surface area contributed by atoms with Gasteiger partial charge in [0.25, 0.3) is 0 Å². The molecule has 5 atom stereocenters. The molecule has 0 aromatic heterocycles. The zero-order valence-electron chi connectivity index (χ0n) is 18.1. The Morgan fingerprint density at radius 1 is 0.879 bits per heavy atom. The predicted octanol–water partition coefficient (Wildman–Crippen LogP) is -0.570. The molecule has 0 unspecified atom stereocenters. The molecule has 1 aliphatic heterocycles. The molecular formula is C23H31FeNO8+2. The van der Waals surface area contributed by atoms with E-state index in [0.717, 1.165) is 0 Å². The summed E-state index contributed by atoms with van der Waals surface area (Å²) in [5, 5.41) is 41.0. The molecule has 2 saturated carbocycles. The van der Waals surface area contributed by atoms with Gasteiger partial charge in [0.2, 0.25) is 12.2 Å². The average molecular weight is 505 g/mol. The Bertz CT molecular complexity index is 547. The minimum atomic E-state index is -1.60. The summed E-state index contributed by atoms with van der Waals surface area (Å²) < 4.78 is 10.1.